The third-order valence-corrected chi connectivity index (χ3v) is 5.92. The smallest absolute Gasteiger partial charge is 0.313 e. The van der Waals surface area contributed by atoms with Crippen LogP contribution in [-0.4, -0.2) is 28.2 Å². The number of amides is 2. The summed E-state index contributed by atoms with van der Waals surface area (Å²) >= 11 is 4.91. The van der Waals surface area contributed by atoms with Crippen LogP contribution in [0.2, 0.25) is 0 Å². The first-order valence-corrected chi connectivity index (χ1v) is 9.59. The van der Waals surface area contributed by atoms with E-state index < -0.39 is 11.8 Å². The molecule has 2 amide bonds. The van der Waals surface area contributed by atoms with Crippen molar-refractivity contribution in [1.82, 2.24) is 9.88 Å². The molecule has 2 aromatic carbocycles. The van der Waals surface area contributed by atoms with E-state index in [9.17, 15) is 14.0 Å². The van der Waals surface area contributed by atoms with Crippen molar-refractivity contribution in [3.8, 4) is 0 Å². The summed E-state index contributed by atoms with van der Waals surface area (Å²) in [4.78, 5) is 30.4. The van der Waals surface area contributed by atoms with Gasteiger partial charge in [0.2, 0.25) is 0 Å². The van der Waals surface area contributed by atoms with E-state index in [-0.39, 0.29) is 12.4 Å². The Balaban J connectivity index is 1.50. The lowest BCUT2D eigenvalue weighted by Gasteiger charge is -2.29. The van der Waals surface area contributed by atoms with Gasteiger partial charge in [0.25, 0.3) is 0 Å². The molecular weight excluding hydrogens is 421 g/mol. The lowest BCUT2D eigenvalue weighted by Crippen LogP contribution is -2.42. The molecule has 26 heavy (non-hydrogen) atoms. The minimum Gasteiger partial charge on any atom is -0.330 e. The van der Waals surface area contributed by atoms with Crippen LogP contribution in [0.3, 0.4) is 0 Å². The van der Waals surface area contributed by atoms with Crippen molar-refractivity contribution in [3.63, 3.8) is 0 Å². The van der Waals surface area contributed by atoms with Gasteiger partial charge >= 0.3 is 11.8 Å². The van der Waals surface area contributed by atoms with Crippen molar-refractivity contribution in [2.45, 2.75) is 13.0 Å². The third-order valence-electron chi connectivity index (χ3n) is 4.37. The fourth-order valence-electron chi connectivity index (χ4n) is 3.03. The Morgan fingerprint density at radius 1 is 1.23 bits per heavy atom. The zero-order valence-electron chi connectivity index (χ0n) is 13.5. The second-order valence-electron chi connectivity index (χ2n) is 5.95. The maximum atomic E-state index is 14.1. The molecule has 1 N–H and O–H groups in total. The van der Waals surface area contributed by atoms with E-state index in [1.807, 2.05) is 6.07 Å². The number of aromatic nitrogens is 1. The van der Waals surface area contributed by atoms with Crippen LogP contribution in [0, 0.1) is 5.82 Å². The molecule has 0 spiro atoms. The molecule has 0 fully saturated rings. The lowest BCUT2D eigenvalue weighted by molar-refractivity contribution is -0.143. The highest BCUT2D eigenvalue weighted by molar-refractivity contribution is 9.10. The minimum atomic E-state index is -0.738. The van der Waals surface area contributed by atoms with Crippen molar-refractivity contribution >= 4 is 55.0 Å². The molecule has 1 aliphatic heterocycles. The van der Waals surface area contributed by atoms with E-state index in [0.717, 1.165) is 20.3 Å². The maximum absolute atomic E-state index is 14.1. The second kappa shape index (κ2) is 6.77. The predicted octanol–water partition coefficient (Wildman–Crippen LogP) is 3.72. The van der Waals surface area contributed by atoms with Gasteiger partial charge in [-0.1, -0.05) is 15.9 Å². The van der Waals surface area contributed by atoms with Crippen molar-refractivity contribution in [2.24, 2.45) is 0 Å². The number of thiazole rings is 1. The highest BCUT2D eigenvalue weighted by Gasteiger charge is 2.28. The summed E-state index contributed by atoms with van der Waals surface area (Å²) in [6.07, 6.45) is 0.497. The molecule has 132 valence electrons. The average molecular weight is 434 g/mol. The molecule has 3 aromatic rings. The molecule has 1 aliphatic rings. The number of fused-ring (bicyclic) bond motifs is 2. The normalized spacial score (nSPS) is 13.5. The molecule has 0 atom stereocenters. The van der Waals surface area contributed by atoms with E-state index in [4.69, 9.17) is 0 Å². The number of hydrogen-bond donors (Lipinski definition) is 1. The van der Waals surface area contributed by atoms with Crippen molar-refractivity contribution in [3.05, 3.63) is 57.3 Å². The van der Waals surface area contributed by atoms with Gasteiger partial charge in [-0.05, 0) is 42.3 Å². The molecule has 0 aliphatic carbocycles. The Kier molecular flexibility index (Phi) is 4.46. The summed E-state index contributed by atoms with van der Waals surface area (Å²) in [6, 6.07) is 8.32. The molecular formula is C18H13BrFN3O2S. The summed E-state index contributed by atoms with van der Waals surface area (Å²) in [5.41, 5.74) is 4.30. The highest BCUT2D eigenvalue weighted by atomic mass is 79.9. The molecule has 8 heteroatoms. The lowest BCUT2D eigenvalue weighted by atomic mass is 9.99. The Morgan fingerprint density at radius 3 is 2.92 bits per heavy atom. The molecule has 2 heterocycles. The van der Waals surface area contributed by atoms with Crippen LogP contribution in [0.15, 0.2) is 40.3 Å². The highest BCUT2D eigenvalue weighted by Crippen LogP contribution is 2.29. The quantitative estimate of drug-likeness (QED) is 0.594. The molecule has 4 rings (SSSR count). The molecule has 0 unspecified atom stereocenters. The second-order valence-corrected chi connectivity index (χ2v) is 7.69. The molecule has 0 saturated carbocycles. The van der Waals surface area contributed by atoms with Crippen molar-refractivity contribution in [2.75, 3.05) is 11.9 Å². The fourth-order valence-corrected chi connectivity index (χ4v) is 4.26. The topological polar surface area (TPSA) is 62.3 Å². The monoisotopic (exact) mass is 433 g/mol. The Morgan fingerprint density at radius 2 is 2.08 bits per heavy atom. The Labute approximate surface area is 161 Å². The number of halogens is 2. The number of hydrogen-bond acceptors (Lipinski definition) is 4. The first kappa shape index (κ1) is 17.1. The standard InChI is InChI=1S/C18H13BrFN3O2S/c19-13-2-3-14(20)12-8-23(6-5-11(12)13)18(25)17(24)22-10-1-4-16-15(7-10)21-9-26-16/h1-4,7,9H,5-6,8H2,(H,22,24). The predicted molar refractivity (Wildman–Crippen MR) is 101 cm³/mol. The van der Waals surface area contributed by atoms with Crippen LogP contribution >= 0.6 is 27.3 Å². The summed E-state index contributed by atoms with van der Waals surface area (Å²) in [6.45, 7) is 0.449. The van der Waals surface area contributed by atoms with E-state index >= 15 is 0 Å². The van der Waals surface area contributed by atoms with Gasteiger partial charge in [0.05, 0.1) is 15.7 Å². The summed E-state index contributed by atoms with van der Waals surface area (Å²) in [5.74, 6) is -1.78. The van der Waals surface area contributed by atoms with Gasteiger partial charge < -0.3 is 10.2 Å². The van der Waals surface area contributed by atoms with Crippen LogP contribution in [0.1, 0.15) is 11.1 Å². The number of carbonyl (C=O) groups is 2. The van der Waals surface area contributed by atoms with Crippen LogP contribution in [0.5, 0.6) is 0 Å². The number of carbonyl (C=O) groups excluding carboxylic acids is 2. The summed E-state index contributed by atoms with van der Waals surface area (Å²) in [7, 11) is 0. The number of benzene rings is 2. The van der Waals surface area contributed by atoms with E-state index in [2.05, 4.69) is 26.2 Å². The van der Waals surface area contributed by atoms with Gasteiger partial charge in [0.15, 0.2) is 0 Å². The van der Waals surface area contributed by atoms with Crippen LogP contribution in [0.4, 0.5) is 10.1 Å². The number of rotatable bonds is 1. The minimum absolute atomic E-state index is 0.0813. The first-order valence-electron chi connectivity index (χ1n) is 7.92. The summed E-state index contributed by atoms with van der Waals surface area (Å²) < 4.78 is 15.9. The van der Waals surface area contributed by atoms with Gasteiger partial charge in [-0.15, -0.1) is 11.3 Å². The van der Waals surface area contributed by atoms with Gasteiger partial charge in [-0.25, -0.2) is 9.37 Å². The fraction of sp³-hybridized carbons (Fsp3) is 0.167. The number of anilines is 1. The largest absolute Gasteiger partial charge is 0.330 e. The SMILES string of the molecule is O=C(Nc1ccc2scnc2c1)C(=O)N1CCc2c(Br)ccc(F)c2C1. The van der Waals surface area contributed by atoms with E-state index in [1.165, 1.54) is 22.3 Å². The van der Waals surface area contributed by atoms with Crippen LogP contribution in [-0.2, 0) is 22.6 Å². The van der Waals surface area contributed by atoms with Crippen molar-refractivity contribution < 1.29 is 14.0 Å². The van der Waals surface area contributed by atoms with E-state index in [0.29, 0.717) is 24.2 Å². The Bertz CT molecular complexity index is 1040. The van der Waals surface area contributed by atoms with Crippen LogP contribution in [0.25, 0.3) is 10.2 Å². The van der Waals surface area contributed by atoms with Gasteiger partial charge in [-0.2, -0.15) is 0 Å². The molecule has 5 nitrogen and oxygen atoms in total. The Hall–Kier alpha value is -2.32. The third kappa shape index (κ3) is 3.10. The van der Waals surface area contributed by atoms with Gasteiger partial charge in [0, 0.05) is 28.8 Å². The van der Waals surface area contributed by atoms with Gasteiger partial charge in [-0.3, -0.25) is 9.59 Å². The first-order chi connectivity index (χ1) is 12.5. The van der Waals surface area contributed by atoms with Gasteiger partial charge in [0.1, 0.15) is 5.82 Å². The van der Waals surface area contributed by atoms with Crippen LogP contribution < -0.4 is 5.32 Å². The zero-order chi connectivity index (χ0) is 18.3. The zero-order valence-corrected chi connectivity index (χ0v) is 15.9. The number of nitrogens with one attached hydrogen (secondary N) is 1. The molecule has 0 saturated heterocycles. The summed E-state index contributed by atoms with van der Waals surface area (Å²) in [5, 5.41) is 2.60. The van der Waals surface area contributed by atoms with Crippen molar-refractivity contribution in [1.29, 1.82) is 0 Å². The number of nitrogens with zero attached hydrogens (tertiary/aromatic N) is 2. The molecule has 0 radical (unpaired) electrons. The molecule has 1 aromatic heterocycles. The molecule has 0 bridgehead atoms. The average Bonchev–Trinajstić information content (AvgIpc) is 3.11. The maximum Gasteiger partial charge on any atom is 0.313 e. The van der Waals surface area contributed by atoms with E-state index in [1.54, 1.807) is 23.7 Å².